The number of hydrogen-bond acceptors (Lipinski definition) is 4. The van der Waals surface area contributed by atoms with Crippen molar-refractivity contribution in [3.05, 3.63) is 28.7 Å². The second-order valence-electron chi connectivity index (χ2n) is 3.15. The summed E-state index contributed by atoms with van der Waals surface area (Å²) in [7, 11) is -1.97. The third-order valence-electron chi connectivity index (χ3n) is 2.02. The van der Waals surface area contributed by atoms with Crippen molar-refractivity contribution in [1.29, 1.82) is 5.41 Å². The van der Waals surface area contributed by atoms with E-state index in [1.165, 1.54) is 19.2 Å². The van der Waals surface area contributed by atoms with E-state index in [9.17, 15) is 8.42 Å². The minimum Gasteiger partial charge on any atom is -0.484 e. The number of methoxy groups -OCH3 is 1. The molecule has 1 aromatic rings. The molecule has 0 atom stereocenters. The number of ether oxygens (including phenoxy) is 1. The Bertz CT molecular complexity index is 467. The van der Waals surface area contributed by atoms with E-state index in [1.54, 1.807) is 12.1 Å². The SMILES string of the molecule is COC(=N)CCS(=O)(=O)c1ccc(Br)cc1. The lowest BCUT2D eigenvalue weighted by Crippen LogP contribution is -2.11. The van der Waals surface area contributed by atoms with Crippen LogP contribution in [0.2, 0.25) is 0 Å². The van der Waals surface area contributed by atoms with Gasteiger partial charge in [0.1, 0.15) is 0 Å². The van der Waals surface area contributed by atoms with Gasteiger partial charge in [-0.1, -0.05) is 15.9 Å². The molecular weight excluding hydrogens is 294 g/mol. The van der Waals surface area contributed by atoms with Gasteiger partial charge in [0.15, 0.2) is 15.7 Å². The van der Waals surface area contributed by atoms with Crippen LogP contribution < -0.4 is 0 Å². The average molecular weight is 306 g/mol. The molecule has 0 amide bonds. The monoisotopic (exact) mass is 305 g/mol. The molecule has 1 rings (SSSR count). The number of nitrogens with one attached hydrogen (secondary N) is 1. The fraction of sp³-hybridized carbons (Fsp3) is 0.300. The minimum absolute atomic E-state index is 0.0271. The molecule has 0 aliphatic rings. The fourth-order valence-corrected chi connectivity index (χ4v) is 2.59. The van der Waals surface area contributed by atoms with Crippen LogP contribution in [-0.2, 0) is 14.6 Å². The molecule has 0 aliphatic heterocycles. The third kappa shape index (κ3) is 3.61. The number of benzene rings is 1. The van der Waals surface area contributed by atoms with E-state index in [0.29, 0.717) is 0 Å². The Morgan fingerprint density at radius 1 is 1.38 bits per heavy atom. The maximum Gasteiger partial charge on any atom is 0.181 e. The molecule has 0 saturated carbocycles. The van der Waals surface area contributed by atoms with Crippen LogP contribution in [-0.4, -0.2) is 27.2 Å². The van der Waals surface area contributed by atoms with Crippen molar-refractivity contribution < 1.29 is 13.2 Å². The van der Waals surface area contributed by atoms with E-state index in [-0.39, 0.29) is 23.0 Å². The molecule has 0 bridgehead atoms. The van der Waals surface area contributed by atoms with Crippen LogP contribution in [0.5, 0.6) is 0 Å². The van der Waals surface area contributed by atoms with Crippen molar-refractivity contribution in [3.8, 4) is 0 Å². The normalized spacial score (nSPS) is 11.1. The summed E-state index contributed by atoms with van der Waals surface area (Å²) in [6, 6.07) is 6.43. The molecule has 0 spiro atoms. The molecule has 0 aromatic heterocycles. The zero-order chi connectivity index (χ0) is 12.2. The second-order valence-corrected chi connectivity index (χ2v) is 6.17. The largest absolute Gasteiger partial charge is 0.484 e. The van der Waals surface area contributed by atoms with E-state index < -0.39 is 9.84 Å². The lowest BCUT2D eigenvalue weighted by Gasteiger charge is -2.05. The summed E-state index contributed by atoms with van der Waals surface area (Å²) < 4.78 is 29.0. The molecule has 1 aromatic carbocycles. The van der Waals surface area contributed by atoms with Crippen molar-refractivity contribution in [2.75, 3.05) is 12.9 Å². The van der Waals surface area contributed by atoms with E-state index in [0.717, 1.165) is 4.47 Å². The van der Waals surface area contributed by atoms with Gasteiger partial charge in [-0.2, -0.15) is 0 Å². The summed E-state index contributed by atoms with van der Waals surface area (Å²) in [6.45, 7) is 0. The first-order valence-electron chi connectivity index (χ1n) is 4.55. The van der Waals surface area contributed by atoms with E-state index in [2.05, 4.69) is 20.7 Å². The van der Waals surface area contributed by atoms with E-state index in [4.69, 9.17) is 5.41 Å². The van der Waals surface area contributed by atoms with Crippen LogP contribution in [0.25, 0.3) is 0 Å². The summed E-state index contributed by atoms with van der Waals surface area (Å²) in [5, 5.41) is 7.22. The Balaban J connectivity index is 2.78. The molecule has 88 valence electrons. The van der Waals surface area contributed by atoms with Crippen LogP contribution in [0.15, 0.2) is 33.6 Å². The van der Waals surface area contributed by atoms with Gasteiger partial charge >= 0.3 is 0 Å². The quantitative estimate of drug-likeness (QED) is 0.685. The molecule has 4 nitrogen and oxygen atoms in total. The maximum atomic E-state index is 11.8. The van der Waals surface area contributed by atoms with Gasteiger partial charge in [0.2, 0.25) is 0 Å². The van der Waals surface area contributed by atoms with Crippen molar-refractivity contribution in [2.24, 2.45) is 0 Å². The Morgan fingerprint density at radius 2 is 1.94 bits per heavy atom. The Hall–Kier alpha value is -0.880. The minimum atomic E-state index is -3.32. The summed E-state index contributed by atoms with van der Waals surface area (Å²) >= 11 is 3.24. The molecule has 0 aliphatic carbocycles. The molecule has 0 radical (unpaired) electrons. The van der Waals surface area contributed by atoms with Gasteiger partial charge in [0, 0.05) is 10.9 Å². The topological polar surface area (TPSA) is 67.2 Å². The highest BCUT2D eigenvalue weighted by Crippen LogP contribution is 2.16. The lowest BCUT2D eigenvalue weighted by atomic mass is 10.4. The van der Waals surface area contributed by atoms with Crippen molar-refractivity contribution in [1.82, 2.24) is 0 Å². The van der Waals surface area contributed by atoms with Crippen LogP contribution in [0.1, 0.15) is 6.42 Å². The Labute approximate surface area is 103 Å². The van der Waals surface area contributed by atoms with Crippen molar-refractivity contribution in [3.63, 3.8) is 0 Å². The van der Waals surface area contributed by atoms with Crippen molar-refractivity contribution in [2.45, 2.75) is 11.3 Å². The van der Waals surface area contributed by atoms with Gasteiger partial charge in [-0.3, -0.25) is 5.41 Å². The van der Waals surface area contributed by atoms with Gasteiger partial charge in [0.05, 0.1) is 17.8 Å². The molecule has 0 saturated heterocycles. The molecule has 0 fully saturated rings. The highest BCUT2D eigenvalue weighted by molar-refractivity contribution is 9.10. The van der Waals surface area contributed by atoms with Gasteiger partial charge in [0.25, 0.3) is 0 Å². The first kappa shape index (κ1) is 13.2. The number of hydrogen-bond donors (Lipinski definition) is 1. The lowest BCUT2D eigenvalue weighted by molar-refractivity contribution is 0.388. The molecule has 6 heteroatoms. The maximum absolute atomic E-state index is 11.8. The van der Waals surface area contributed by atoms with Crippen LogP contribution in [0, 0.1) is 5.41 Å². The first-order valence-corrected chi connectivity index (χ1v) is 7.00. The van der Waals surface area contributed by atoms with Crippen LogP contribution >= 0.6 is 15.9 Å². The number of rotatable bonds is 4. The van der Waals surface area contributed by atoms with Crippen LogP contribution in [0.4, 0.5) is 0 Å². The third-order valence-corrected chi connectivity index (χ3v) is 4.28. The first-order chi connectivity index (χ1) is 7.45. The number of sulfone groups is 1. The zero-order valence-corrected chi connectivity index (χ0v) is 11.1. The molecule has 0 unspecified atom stereocenters. The molecule has 1 N–H and O–H groups in total. The van der Waals surface area contributed by atoms with Crippen LogP contribution in [0.3, 0.4) is 0 Å². The van der Waals surface area contributed by atoms with Gasteiger partial charge < -0.3 is 4.74 Å². The highest BCUT2D eigenvalue weighted by atomic mass is 79.9. The summed E-state index contributed by atoms with van der Waals surface area (Å²) in [5.41, 5.74) is 0. The zero-order valence-electron chi connectivity index (χ0n) is 8.73. The summed E-state index contributed by atoms with van der Waals surface area (Å²) in [4.78, 5) is 0.264. The predicted molar refractivity (Wildman–Crippen MR) is 65.5 cm³/mol. The predicted octanol–water partition coefficient (Wildman–Crippen LogP) is 2.24. The molecule has 16 heavy (non-hydrogen) atoms. The van der Waals surface area contributed by atoms with Gasteiger partial charge in [-0.05, 0) is 24.3 Å². The average Bonchev–Trinajstić information content (AvgIpc) is 2.26. The smallest absolute Gasteiger partial charge is 0.181 e. The Kier molecular flexibility index (Phi) is 4.49. The van der Waals surface area contributed by atoms with E-state index in [1.807, 2.05) is 0 Å². The van der Waals surface area contributed by atoms with Gasteiger partial charge in [-0.15, -0.1) is 0 Å². The number of halogens is 1. The summed E-state index contributed by atoms with van der Waals surface area (Å²) in [6.07, 6.45) is 0.0922. The highest BCUT2D eigenvalue weighted by Gasteiger charge is 2.15. The molecular formula is C10H12BrNO3S. The molecule has 0 heterocycles. The van der Waals surface area contributed by atoms with E-state index >= 15 is 0 Å². The standard InChI is InChI=1S/C10H12BrNO3S/c1-15-10(12)6-7-16(13,14)9-4-2-8(11)3-5-9/h2-5,12H,6-7H2,1H3. The summed E-state index contributed by atoms with van der Waals surface area (Å²) in [5.74, 6) is -0.137. The van der Waals surface area contributed by atoms with Crippen molar-refractivity contribution >= 4 is 31.7 Å². The second kappa shape index (κ2) is 5.45. The Morgan fingerprint density at radius 3 is 2.44 bits per heavy atom. The van der Waals surface area contributed by atoms with Gasteiger partial charge in [-0.25, -0.2) is 8.42 Å². The fourth-order valence-electron chi connectivity index (χ4n) is 1.09.